The molecule has 0 aliphatic rings. The van der Waals surface area contributed by atoms with Crippen LogP contribution in [0.15, 0.2) is 29.3 Å². The molecule has 1 atom stereocenters. The number of hydrogen-bond acceptors (Lipinski definition) is 2. The molecule has 0 saturated heterocycles. The monoisotopic (exact) mass is 404 g/mol. The molecule has 4 nitrogen and oxygen atoms in total. The molecule has 0 radical (unpaired) electrons. The van der Waals surface area contributed by atoms with Gasteiger partial charge in [0, 0.05) is 26.2 Å². The molecule has 1 aromatic rings. The van der Waals surface area contributed by atoms with Crippen molar-refractivity contribution in [1.82, 2.24) is 15.5 Å². The lowest BCUT2D eigenvalue weighted by Gasteiger charge is -2.17. The summed E-state index contributed by atoms with van der Waals surface area (Å²) in [5, 5.41) is 6.72. The van der Waals surface area contributed by atoms with Crippen molar-refractivity contribution in [1.29, 1.82) is 0 Å². The molecule has 2 N–H and O–H groups in total. The Morgan fingerprint density at radius 3 is 2.52 bits per heavy atom. The van der Waals surface area contributed by atoms with Gasteiger partial charge in [0.25, 0.3) is 0 Å². The summed E-state index contributed by atoms with van der Waals surface area (Å²) in [6, 6.07) is 9.09. The molecule has 120 valence electrons. The Labute approximate surface area is 146 Å². The van der Waals surface area contributed by atoms with E-state index in [0.29, 0.717) is 6.04 Å². The summed E-state index contributed by atoms with van der Waals surface area (Å²) in [5.41, 5.74) is 2.61. The fourth-order valence-corrected chi connectivity index (χ4v) is 1.92. The normalized spacial score (nSPS) is 12.8. The standard InChI is InChI=1S/C16H28N4.HI/c1-6-13(2)19-16(17-3)18-11-14-8-7-9-15(10-14)12-20(4)5;/h7-10,13H,6,11-12H2,1-5H3,(H2,17,18,19);1H. The van der Waals surface area contributed by atoms with Crippen LogP contribution in [-0.4, -0.2) is 38.0 Å². The van der Waals surface area contributed by atoms with Crippen LogP contribution in [0.5, 0.6) is 0 Å². The van der Waals surface area contributed by atoms with E-state index in [1.54, 1.807) is 7.05 Å². The molecular formula is C16H29IN4. The summed E-state index contributed by atoms with van der Waals surface area (Å²) in [5.74, 6) is 0.859. The Hall–Kier alpha value is -0.820. The highest BCUT2D eigenvalue weighted by Crippen LogP contribution is 2.06. The van der Waals surface area contributed by atoms with E-state index in [2.05, 4.69) is 72.7 Å². The molecule has 21 heavy (non-hydrogen) atoms. The highest BCUT2D eigenvalue weighted by molar-refractivity contribution is 14.0. The maximum absolute atomic E-state index is 4.25. The number of nitrogens with one attached hydrogen (secondary N) is 2. The van der Waals surface area contributed by atoms with Crippen molar-refractivity contribution in [2.24, 2.45) is 4.99 Å². The smallest absolute Gasteiger partial charge is 0.191 e. The first-order valence-electron chi connectivity index (χ1n) is 7.24. The Balaban J connectivity index is 0.00000400. The average molecular weight is 404 g/mol. The van der Waals surface area contributed by atoms with Crippen molar-refractivity contribution in [2.45, 2.75) is 39.4 Å². The fraction of sp³-hybridized carbons (Fsp3) is 0.562. The molecule has 1 aromatic carbocycles. The van der Waals surface area contributed by atoms with Gasteiger partial charge >= 0.3 is 0 Å². The maximum atomic E-state index is 4.25. The van der Waals surface area contributed by atoms with E-state index < -0.39 is 0 Å². The molecule has 0 aliphatic heterocycles. The molecule has 1 rings (SSSR count). The van der Waals surface area contributed by atoms with Crippen molar-refractivity contribution in [3.8, 4) is 0 Å². The first kappa shape index (κ1) is 20.2. The van der Waals surface area contributed by atoms with E-state index in [1.807, 2.05) is 0 Å². The average Bonchev–Trinajstić information content (AvgIpc) is 2.42. The third kappa shape index (κ3) is 8.26. The summed E-state index contributed by atoms with van der Waals surface area (Å²) in [6.45, 7) is 6.07. The van der Waals surface area contributed by atoms with Crippen LogP contribution in [0, 0.1) is 0 Å². The van der Waals surface area contributed by atoms with Crippen LogP contribution in [0.1, 0.15) is 31.4 Å². The zero-order valence-electron chi connectivity index (χ0n) is 13.8. The van der Waals surface area contributed by atoms with Crippen LogP contribution in [-0.2, 0) is 13.1 Å². The number of guanidine groups is 1. The SMILES string of the molecule is CCC(C)NC(=NC)NCc1cccc(CN(C)C)c1.I. The third-order valence-electron chi connectivity index (χ3n) is 3.17. The highest BCUT2D eigenvalue weighted by atomic mass is 127. The summed E-state index contributed by atoms with van der Waals surface area (Å²) >= 11 is 0. The van der Waals surface area contributed by atoms with Crippen LogP contribution in [0.3, 0.4) is 0 Å². The number of nitrogens with zero attached hydrogens (tertiary/aromatic N) is 2. The number of hydrogen-bond donors (Lipinski definition) is 2. The van der Waals surface area contributed by atoms with E-state index in [4.69, 9.17) is 0 Å². The van der Waals surface area contributed by atoms with Crippen LogP contribution in [0.4, 0.5) is 0 Å². The molecule has 0 aromatic heterocycles. The molecule has 0 amide bonds. The lowest BCUT2D eigenvalue weighted by atomic mass is 10.1. The topological polar surface area (TPSA) is 39.7 Å². The van der Waals surface area contributed by atoms with E-state index in [1.165, 1.54) is 11.1 Å². The summed E-state index contributed by atoms with van der Waals surface area (Å²) in [4.78, 5) is 6.42. The molecule has 0 fully saturated rings. The van der Waals surface area contributed by atoms with E-state index in [9.17, 15) is 0 Å². The first-order chi connectivity index (χ1) is 9.55. The van der Waals surface area contributed by atoms with E-state index in [0.717, 1.165) is 25.5 Å². The molecular weight excluding hydrogens is 375 g/mol. The van der Waals surface area contributed by atoms with Crippen molar-refractivity contribution in [3.63, 3.8) is 0 Å². The van der Waals surface area contributed by atoms with Gasteiger partial charge in [0.15, 0.2) is 5.96 Å². The Morgan fingerprint density at radius 2 is 1.95 bits per heavy atom. The Kier molecular flexibility index (Phi) is 10.4. The quantitative estimate of drug-likeness (QED) is 0.435. The molecule has 0 bridgehead atoms. The van der Waals surface area contributed by atoms with Gasteiger partial charge in [-0.3, -0.25) is 4.99 Å². The van der Waals surface area contributed by atoms with Crippen LogP contribution < -0.4 is 10.6 Å². The molecule has 0 spiro atoms. The largest absolute Gasteiger partial charge is 0.354 e. The molecule has 0 aliphatic carbocycles. The summed E-state index contributed by atoms with van der Waals surface area (Å²) in [6.07, 6.45) is 1.08. The highest BCUT2D eigenvalue weighted by Gasteiger charge is 2.03. The van der Waals surface area contributed by atoms with Gasteiger partial charge in [0.2, 0.25) is 0 Å². The first-order valence-corrected chi connectivity index (χ1v) is 7.24. The fourth-order valence-electron chi connectivity index (χ4n) is 1.92. The van der Waals surface area contributed by atoms with Gasteiger partial charge in [-0.1, -0.05) is 31.2 Å². The number of benzene rings is 1. The Bertz CT molecular complexity index is 432. The molecule has 1 unspecified atom stereocenters. The molecule has 0 saturated carbocycles. The molecule has 5 heteroatoms. The number of halogens is 1. The van der Waals surface area contributed by atoms with Crippen molar-refractivity contribution >= 4 is 29.9 Å². The number of rotatable bonds is 6. The van der Waals surface area contributed by atoms with Gasteiger partial charge < -0.3 is 15.5 Å². The summed E-state index contributed by atoms with van der Waals surface area (Å²) in [7, 11) is 5.98. The summed E-state index contributed by atoms with van der Waals surface area (Å²) < 4.78 is 0. The van der Waals surface area contributed by atoms with Crippen LogP contribution >= 0.6 is 24.0 Å². The van der Waals surface area contributed by atoms with E-state index >= 15 is 0 Å². The van der Waals surface area contributed by atoms with Crippen LogP contribution in [0.25, 0.3) is 0 Å². The lowest BCUT2D eigenvalue weighted by Crippen LogP contribution is -2.41. The maximum Gasteiger partial charge on any atom is 0.191 e. The van der Waals surface area contributed by atoms with Gasteiger partial charge in [-0.25, -0.2) is 0 Å². The predicted octanol–water partition coefficient (Wildman–Crippen LogP) is 2.83. The van der Waals surface area contributed by atoms with Crippen molar-refractivity contribution in [3.05, 3.63) is 35.4 Å². The second-order valence-corrected chi connectivity index (χ2v) is 5.44. The second kappa shape index (κ2) is 10.8. The van der Waals surface area contributed by atoms with Gasteiger partial charge in [0.05, 0.1) is 0 Å². The van der Waals surface area contributed by atoms with E-state index in [-0.39, 0.29) is 24.0 Å². The zero-order valence-corrected chi connectivity index (χ0v) is 16.1. The predicted molar refractivity (Wildman–Crippen MR) is 102 cm³/mol. The second-order valence-electron chi connectivity index (χ2n) is 5.44. The van der Waals surface area contributed by atoms with Gasteiger partial charge in [-0.15, -0.1) is 24.0 Å². The van der Waals surface area contributed by atoms with Crippen molar-refractivity contribution < 1.29 is 0 Å². The van der Waals surface area contributed by atoms with Crippen molar-refractivity contribution in [2.75, 3.05) is 21.1 Å². The zero-order chi connectivity index (χ0) is 15.0. The minimum Gasteiger partial charge on any atom is -0.354 e. The molecule has 0 heterocycles. The Morgan fingerprint density at radius 1 is 1.29 bits per heavy atom. The van der Waals surface area contributed by atoms with Gasteiger partial charge in [-0.2, -0.15) is 0 Å². The van der Waals surface area contributed by atoms with Crippen LogP contribution in [0.2, 0.25) is 0 Å². The number of aliphatic imine (C=N–C) groups is 1. The minimum atomic E-state index is 0. The lowest BCUT2D eigenvalue weighted by molar-refractivity contribution is 0.402. The van der Waals surface area contributed by atoms with Gasteiger partial charge in [-0.05, 0) is 38.6 Å². The minimum absolute atomic E-state index is 0. The third-order valence-corrected chi connectivity index (χ3v) is 3.17. The van der Waals surface area contributed by atoms with Gasteiger partial charge in [0.1, 0.15) is 0 Å².